The Balaban J connectivity index is 0.00000338. The number of sulfonamides is 1. The molecule has 0 spiro atoms. The van der Waals surface area contributed by atoms with Gasteiger partial charge in [-0.25, -0.2) is 8.42 Å². The minimum Gasteiger partial charge on any atom is -0.356 e. The topological polar surface area (TPSA) is 78.5 Å². The molecule has 9 heteroatoms. The number of nitrogens with one attached hydrogen (secondary N) is 2. The molecule has 0 bridgehead atoms. The average Bonchev–Trinajstić information content (AvgIpc) is 3.04. The quantitative estimate of drug-likeness (QED) is 0.672. The molecule has 6 nitrogen and oxygen atoms in total. The smallest absolute Gasteiger partial charge is 0.252 e. The van der Waals surface area contributed by atoms with Crippen LogP contribution < -0.4 is 10.6 Å². The van der Waals surface area contributed by atoms with E-state index in [4.69, 9.17) is 0 Å². The van der Waals surface area contributed by atoms with Crippen LogP contribution in [0.5, 0.6) is 0 Å². The summed E-state index contributed by atoms with van der Waals surface area (Å²) in [5, 5.41) is 6.10. The summed E-state index contributed by atoms with van der Waals surface area (Å²) in [6.45, 7) is 5.68. The fourth-order valence-electron chi connectivity index (χ4n) is 2.91. The van der Waals surface area contributed by atoms with Crippen LogP contribution in [0.2, 0.25) is 0 Å². The van der Waals surface area contributed by atoms with Crippen molar-refractivity contribution in [3.8, 4) is 0 Å². The third kappa shape index (κ3) is 6.49. The van der Waals surface area contributed by atoms with Crippen molar-refractivity contribution in [2.24, 2.45) is 5.92 Å². The van der Waals surface area contributed by atoms with Gasteiger partial charge in [0.25, 0.3) is 10.0 Å². The van der Waals surface area contributed by atoms with Crippen molar-refractivity contribution in [3.05, 3.63) is 17.0 Å². The van der Waals surface area contributed by atoms with Gasteiger partial charge in [-0.2, -0.15) is 4.31 Å². The number of carbonyl (C=O) groups excluding carboxylic acids is 1. The van der Waals surface area contributed by atoms with Crippen LogP contribution in [0.3, 0.4) is 0 Å². The highest BCUT2D eigenvalue weighted by Crippen LogP contribution is 2.27. The Kier molecular flexibility index (Phi) is 9.54. The lowest BCUT2D eigenvalue weighted by molar-refractivity contribution is -0.121. The lowest BCUT2D eigenvalue weighted by Gasteiger charge is -2.30. The largest absolute Gasteiger partial charge is 0.356 e. The molecule has 1 saturated heterocycles. The fourth-order valence-corrected chi connectivity index (χ4v) is 5.89. The first-order valence-corrected chi connectivity index (χ1v) is 11.1. The Morgan fingerprint density at radius 1 is 1.31 bits per heavy atom. The van der Waals surface area contributed by atoms with Crippen molar-refractivity contribution in [1.82, 2.24) is 14.9 Å². The van der Waals surface area contributed by atoms with Crippen LogP contribution in [0.4, 0.5) is 0 Å². The Bertz CT molecular complexity index is 669. The zero-order chi connectivity index (χ0) is 18.4. The van der Waals surface area contributed by atoms with E-state index in [1.165, 1.54) is 11.3 Å². The highest BCUT2D eigenvalue weighted by Gasteiger charge is 2.29. The third-order valence-corrected chi connectivity index (χ3v) is 7.89. The van der Waals surface area contributed by atoms with Gasteiger partial charge in [-0.3, -0.25) is 4.79 Å². The number of amides is 1. The number of hydrogen-bond donors (Lipinski definition) is 2. The van der Waals surface area contributed by atoms with Crippen LogP contribution >= 0.6 is 23.7 Å². The second-order valence-corrected chi connectivity index (χ2v) is 10.2. The summed E-state index contributed by atoms with van der Waals surface area (Å²) in [6, 6.07) is 3.95. The summed E-state index contributed by atoms with van der Waals surface area (Å²) in [5.74, 6) is 0.386. The van der Waals surface area contributed by atoms with Gasteiger partial charge in [0, 0.05) is 37.0 Å². The monoisotopic (exact) mass is 423 g/mol. The third-order valence-electron chi connectivity index (χ3n) is 4.38. The van der Waals surface area contributed by atoms with E-state index in [9.17, 15) is 13.2 Å². The molecule has 1 amide bonds. The molecule has 150 valence electrons. The Morgan fingerprint density at radius 2 is 1.96 bits per heavy atom. The molecule has 0 aromatic carbocycles. The van der Waals surface area contributed by atoms with Gasteiger partial charge in [0.05, 0.1) is 0 Å². The lowest BCUT2D eigenvalue weighted by Crippen LogP contribution is -2.43. The lowest BCUT2D eigenvalue weighted by atomic mass is 10.1. The molecule has 0 aliphatic carbocycles. The number of piperidine rings is 1. The first-order chi connectivity index (χ1) is 11.8. The molecule has 0 radical (unpaired) electrons. The van der Waals surface area contributed by atoms with Crippen molar-refractivity contribution in [1.29, 1.82) is 0 Å². The van der Waals surface area contributed by atoms with E-state index >= 15 is 0 Å². The first kappa shape index (κ1) is 23.4. The van der Waals surface area contributed by atoms with Gasteiger partial charge in [-0.1, -0.05) is 13.8 Å². The summed E-state index contributed by atoms with van der Waals surface area (Å²) in [4.78, 5) is 12.6. The SMILES string of the molecule is CNC1CCN(S(=O)(=O)c2ccc(CCNC(=O)CC(C)C)s2)CC1.Cl. The molecule has 0 atom stereocenters. The van der Waals surface area contributed by atoms with E-state index in [2.05, 4.69) is 10.6 Å². The van der Waals surface area contributed by atoms with Crippen molar-refractivity contribution >= 4 is 39.7 Å². The molecule has 2 N–H and O–H groups in total. The Hall–Kier alpha value is -0.670. The number of carbonyl (C=O) groups is 1. The first-order valence-electron chi connectivity index (χ1n) is 8.85. The molecule has 1 aromatic heterocycles. The van der Waals surface area contributed by atoms with Crippen LogP contribution in [-0.2, 0) is 21.2 Å². The van der Waals surface area contributed by atoms with E-state index in [1.807, 2.05) is 27.0 Å². The van der Waals surface area contributed by atoms with E-state index in [-0.39, 0.29) is 18.3 Å². The summed E-state index contributed by atoms with van der Waals surface area (Å²) < 4.78 is 27.5. The molecule has 0 saturated carbocycles. The molecule has 2 rings (SSSR count). The van der Waals surface area contributed by atoms with E-state index in [0.717, 1.165) is 17.7 Å². The van der Waals surface area contributed by atoms with E-state index < -0.39 is 10.0 Å². The van der Waals surface area contributed by atoms with Gasteiger partial charge < -0.3 is 10.6 Å². The standard InChI is InChI=1S/C17H29N3O3S2.ClH/c1-13(2)12-16(21)19-9-6-15-4-5-17(24-15)25(22,23)20-10-7-14(18-3)8-11-20;/h4-5,13-14,18H,6-12H2,1-3H3,(H,19,21);1H. The maximum atomic E-state index is 12.7. The molecular weight excluding hydrogens is 394 g/mol. The Labute approximate surface area is 167 Å². The molecule has 1 aromatic rings. The molecule has 0 unspecified atom stereocenters. The summed E-state index contributed by atoms with van der Waals surface area (Å²) in [6.07, 6.45) is 2.87. The van der Waals surface area contributed by atoms with Crippen LogP contribution in [0.15, 0.2) is 16.3 Å². The molecular formula is C17H30ClN3O3S2. The van der Waals surface area contributed by atoms with Gasteiger partial charge in [0.2, 0.25) is 5.91 Å². The van der Waals surface area contributed by atoms with Gasteiger partial charge in [0.15, 0.2) is 0 Å². The van der Waals surface area contributed by atoms with E-state index in [0.29, 0.717) is 48.6 Å². The van der Waals surface area contributed by atoms with Gasteiger partial charge in [-0.05, 0) is 44.4 Å². The van der Waals surface area contributed by atoms with Gasteiger partial charge in [0.1, 0.15) is 4.21 Å². The number of hydrogen-bond acceptors (Lipinski definition) is 5. The maximum absolute atomic E-state index is 12.7. The van der Waals surface area contributed by atoms with Crippen LogP contribution in [-0.4, -0.2) is 51.4 Å². The fraction of sp³-hybridized carbons (Fsp3) is 0.706. The number of halogens is 1. The highest BCUT2D eigenvalue weighted by atomic mass is 35.5. The van der Waals surface area contributed by atoms with Crippen LogP contribution in [0.1, 0.15) is 38.0 Å². The van der Waals surface area contributed by atoms with Crippen molar-refractivity contribution in [3.63, 3.8) is 0 Å². The summed E-state index contributed by atoms with van der Waals surface area (Å²) >= 11 is 1.31. The molecule has 1 fully saturated rings. The molecule has 2 heterocycles. The van der Waals surface area contributed by atoms with Gasteiger partial charge >= 0.3 is 0 Å². The number of nitrogens with zero attached hydrogens (tertiary/aromatic N) is 1. The van der Waals surface area contributed by atoms with Crippen molar-refractivity contribution in [2.45, 2.75) is 49.8 Å². The van der Waals surface area contributed by atoms with Crippen molar-refractivity contribution < 1.29 is 13.2 Å². The number of thiophene rings is 1. The number of rotatable bonds is 8. The zero-order valence-corrected chi connectivity index (χ0v) is 18.1. The second kappa shape index (κ2) is 10.6. The summed E-state index contributed by atoms with van der Waals surface area (Å²) in [7, 11) is -1.48. The minimum atomic E-state index is -3.39. The van der Waals surface area contributed by atoms with Crippen LogP contribution in [0, 0.1) is 5.92 Å². The minimum absolute atomic E-state index is 0. The highest BCUT2D eigenvalue weighted by molar-refractivity contribution is 7.91. The van der Waals surface area contributed by atoms with E-state index in [1.54, 1.807) is 10.4 Å². The predicted molar refractivity (Wildman–Crippen MR) is 109 cm³/mol. The maximum Gasteiger partial charge on any atom is 0.252 e. The summed E-state index contributed by atoms with van der Waals surface area (Å²) in [5.41, 5.74) is 0. The van der Waals surface area contributed by atoms with Crippen LogP contribution in [0.25, 0.3) is 0 Å². The normalized spacial score (nSPS) is 16.5. The van der Waals surface area contributed by atoms with Gasteiger partial charge in [-0.15, -0.1) is 23.7 Å². The molecule has 1 aliphatic rings. The average molecular weight is 424 g/mol. The molecule has 26 heavy (non-hydrogen) atoms. The zero-order valence-electron chi connectivity index (χ0n) is 15.7. The Morgan fingerprint density at radius 3 is 2.54 bits per heavy atom. The second-order valence-electron chi connectivity index (χ2n) is 6.89. The van der Waals surface area contributed by atoms with Crippen molar-refractivity contribution in [2.75, 3.05) is 26.7 Å². The predicted octanol–water partition coefficient (Wildman–Crippen LogP) is 2.25. The molecule has 1 aliphatic heterocycles.